The summed E-state index contributed by atoms with van der Waals surface area (Å²) < 4.78 is 5.49. The monoisotopic (exact) mass is 450 g/mol. The normalized spacial score (nSPS) is 17.1. The Hall–Kier alpha value is -2.83. The van der Waals surface area contributed by atoms with Crippen LogP contribution < -0.4 is 9.80 Å². The van der Waals surface area contributed by atoms with E-state index in [0.717, 1.165) is 53.5 Å². The van der Waals surface area contributed by atoms with Crippen molar-refractivity contribution in [3.05, 3.63) is 64.8 Å². The topological polar surface area (TPSA) is 48.9 Å². The van der Waals surface area contributed by atoms with E-state index in [0.29, 0.717) is 31.9 Å². The van der Waals surface area contributed by atoms with Gasteiger partial charge in [-0.25, -0.2) is 4.98 Å². The fourth-order valence-corrected chi connectivity index (χ4v) is 4.79. The van der Waals surface area contributed by atoms with Crippen LogP contribution in [0.2, 0.25) is 5.02 Å². The highest BCUT2D eigenvalue weighted by molar-refractivity contribution is 6.30. The van der Waals surface area contributed by atoms with Gasteiger partial charge in [0.15, 0.2) is 0 Å². The highest BCUT2D eigenvalue weighted by atomic mass is 35.5. The van der Waals surface area contributed by atoms with Gasteiger partial charge in [0, 0.05) is 61.6 Å². The maximum Gasteiger partial charge on any atom is 0.256 e. The summed E-state index contributed by atoms with van der Waals surface area (Å²) in [5.41, 5.74) is 3.01. The number of ether oxygens (including phenoxy) is 1. The number of halogens is 1. The number of hydrogen-bond donors (Lipinski definition) is 0. The molecule has 32 heavy (non-hydrogen) atoms. The molecule has 0 bridgehead atoms. The molecule has 0 radical (unpaired) electrons. The molecular weight excluding hydrogens is 424 g/mol. The minimum atomic E-state index is 0.0460. The summed E-state index contributed by atoms with van der Waals surface area (Å²) in [6.07, 6.45) is 1.75. The van der Waals surface area contributed by atoms with Gasteiger partial charge >= 0.3 is 0 Å². The first-order valence-electron chi connectivity index (χ1n) is 11.1. The standard InChI is InChI=1S/C25H27ClN4O2/c1-18-6-7-19(26)16-23(18)28-8-10-30(11-9-28)25(31)22-17-27-24(29-12-14-32-15-13-29)21-5-3-2-4-20(21)22/h2-7,16-17H,8-15H2,1H3. The Morgan fingerprint density at radius 3 is 2.41 bits per heavy atom. The number of carbonyl (C=O) groups excluding carboxylic acids is 1. The van der Waals surface area contributed by atoms with E-state index in [4.69, 9.17) is 21.3 Å². The second-order valence-corrected chi connectivity index (χ2v) is 8.79. The van der Waals surface area contributed by atoms with Crippen molar-refractivity contribution in [3.63, 3.8) is 0 Å². The Morgan fingerprint density at radius 1 is 0.938 bits per heavy atom. The van der Waals surface area contributed by atoms with Crippen molar-refractivity contribution in [3.8, 4) is 0 Å². The molecule has 2 saturated heterocycles. The van der Waals surface area contributed by atoms with Crippen LogP contribution in [0.5, 0.6) is 0 Å². The number of hydrogen-bond acceptors (Lipinski definition) is 5. The molecule has 0 atom stereocenters. The first-order chi connectivity index (χ1) is 15.6. The summed E-state index contributed by atoms with van der Waals surface area (Å²) in [6, 6.07) is 14.1. The average Bonchev–Trinajstić information content (AvgIpc) is 2.85. The molecule has 2 aromatic carbocycles. The van der Waals surface area contributed by atoms with Crippen molar-refractivity contribution in [1.29, 1.82) is 0 Å². The molecule has 2 aliphatic heterocycles. The number of rotatable bonds is 3. The molecule has 0 aliphatic carbocycles. The van der Waals surface area contributed by atoms with Crippen LogP contribution in [0.3, 0.4) is 0 Å². The lowest BCUT2D eigenvalue weighted by Gasteiger charge is -2.37. The van der Waals surface area contributed by atoms with E-state index < -0.39 is 0 Å². The summed E-state index contributed by atoms with van der Waals surface area (Å²) in [7, 11) is 0. The van der Waals surface area contributed by atoms with E-state index in [-0.39, 0.29) is 5.91 Å². The van der Waals surface area contributed by atoms with E-state index in [1.54, 1.807) is 6.20 Å². The number of morpholine rings is 1. The molecular formula is C25H27ClN4O2. The first kappa shape index (κ1) is 21.0. The summed E-state index contributed by atoms with van der Waals surface area (Å²) in [6.45, 7) is 8.03. The maximum absolute atomic E-state index is 13.5. The summed E-state index contributed by atoms with van der Waals surface area (Å²) >= 11 is 6.21. The van der Waals surface area contributed by atoms with Gasteiger partial charge in [0.05, 0.1) is 18.8 Å². The van der Waals surface area contributed by atoms with Crippen LogP contribution in [-0.2, 0) is 4.74 Å². The van der Waals surface area contributed by atoms with Gasteiger partial charge in [0.1, 0.15) is 5.82 Å². The Balaban J connectivity index is 1.37. The number of aryl methyl sites for hydroxylation is 1. The van der Waals surface area contributed by atoms with Crippen molar-refractivity contribution in [2.24, 2.45) is 0 Å². The Morgan fingerprint density at radius 2 is 1.66 bits per heavy atom. The van der Waals surface area contributed by atoms with Gasteiger partial charge in [-0.3, -0.25) is 4.79 Å². The van der Waals surface area contributed by atoms with Gasteiger partial charge in [-0.05, 0) is 30.0 Å². The van der Waals surface area contributed by atoms with Crippen LogP contribution in [-0.4, -0.2) is 68.3 Å². The maximum atomic E-state index is 13.5. The van der Waals surface area contributed by atoms with Gasteiger partial charge in [-0.1, -0.05) is 41.9 Å². The van der Waals surface area contributed by atoms with Crippen molar-refractivity contribution >= 4 is 39.8 Å². The number of pyridine rings is 1. The minimum absolute atomic E-state index is 0.0460. The van der Waals surface area contributed by atoms with Crippen LogP contribution in [0.4, 0.5) is 11.5 Å². The van der Waals surface area contributed by atoms with Gasteiger partial charge < -0.3 is 19.4 Å². The molecule has 2 fully saturated rings. The Bertz CT molecular complexity index is 1140. The molecule has 0 spiro atoms. The lowest BCUT2D eigenvalue weighted by Crippen LogP contribution is -2.49. The van der Waals surface area contributed by atoms with Gasteiger partial charge in [-0.2, -0.15) is 0 Å². The predicted molar refractivity (Wildman–Crippen MR) is 129 cm³/mol. The quantitative estimate of drug-likeness (QED) is 0.603. The third-order valence-electron chi connectivity index (χ3n) is 6.39. The lowest BCUT2D eigenvalue weighted by molar-refractivity contribution is 0.0748. The average molecular weight is 451 g/mol. The van der Waals surface area contributed by atoms with Gasteiger partial charge in [0.2, 0.25) is 0 Å². The molecule has 0 N–H and O–H groups in total. The number of piperazine rings is 1. The number of amides is 1. The molecule has 7 heteroatoms. The van der Waals surface area contributed by atoms with E-state index in [1.807, 2.05) is 41.3 Å². The molecule has 2 aliphatic rings. The van der Waals surface area contributed by atoms with E-state index in [1.165, 1.54) is 5.56 Å². The minimum Gasteiger partial charge on any atom is -0.378 e. The predicted octanol–water partition coefficient (Wildman–Crippen LogP) is 4.00. The number of anilines is 2. The van der Waals surface area contributed by atoms with Gasteiger partial charge in [-0.15, -0.1) is 0 Å². The number of fused-ring (bicyclic) bond motifs is 1. The van der Waals surface area contributed by atoms with Crippen molar-refractivity contribution in [1.82, 2.24) is 9.88 Å². The molecule has 0 unspecified atom stereocenters. The molecule has 1 amide bonds. The highest BCUT2D eigenvalue weighted by Crippen LogP contribution is 2.30. The van der Waals surface area contributed by atoms with Crippen LogP contribution in [0.1, 0.15) is 15.9 Å². The van der Waals surface area contributed by atoms with Gasteiger partial charge in [0.25, 0.3) is 5.91 Å². The smallest absolute Gasteiger partial charge is 0.256 e. The zero-order valence-electron chi connectivity index (χ0n) is 18.3. The Kier molecular flexibility index (Phi) is 5.89. The Labute approximate surface area is 193 Å². The number of nitrogens with zero attached hydrogens (tertiary/aromatic N) is 4. The summed E-state index contributed by atoms with van der Waals surface area (Å²) in [4.78, 5) is 24.7. The fraction of sp³-hybridized carbons (Fsp3) is 0.360. The molecule has 3 heterocycles. The zero-order chi connectivity index (χ0) is 22.1. The number of aromatic nitrogens is 1. The molecule has 0 saturated carbocycles. The van der Waals surface area contributed by atoms with Crippen LogP contribution in [0, 0.1) is 6.92 Å². The second-order valence-electron chi connectivity index (χ2n) is 8.35. The summed E-state index contributed by atoms with van der Waals surface area (Å²) in [5.74, 6) is 0.978. The van der Waals surface area contributed by atoms with Crippen LogP contribution in [0.15, 0.2) is 48.7 Å². The SMILES string of the molecule is Cc1ccc(Cl)cc1N1CCN(C(=O)c2cnc(N3CCOCC3)c3ccccc23)CC1. The van der Waals surface area contributed by atoms with E-state index in [2.05, 4.69) is 22.8 Å². The molecule has 3 aromatic rings. The van der Waals surface area contributed by atoms with Crippen molar-refractivity contribution in [2.75, 3.05) is 62.3 Å². The summed E-state index contributed by atoms with van der Waals surface area (Å²) in [5, 5.41) is 2.72. The number of benzene rings is 2. The molecule has 1 aromatic heterocycles. The second kappa shape index (κ2) is 8.96. The molecule has 6 nitrogen and oxygen atoms in total. The van der Waals surface area contributed by atoms with E-state index >= 15 is 0 Å². The largest absolute Gasteiger partial charge is 0.378 e. The highest BCUT2D eigenvalue weighted by Gasteiger charge is 2.26. The van der Waals surface area contributed by atoms with Crippen LogP contribution in [0.25, 0.3) is 10.8 Å². The fourth-order valence-electron chi connectivity index (χ4n) is 4.62. The first-order valence-corrected chi connectivity index (χ1v) is 11.5. The van der Waals surface area contributed by atoms with Crippen molar-refractivity contribution in [2.45, 2.75) is 6.92 Å². The van der Waals surface area contributed by atoms with Crippen LogP contribution >= 0.6 is 11.6 Å². The zero-order valence-corrected chi connectivity index (χ0v) is 19.0. The third kappa shape index (κ3) is 4.00. The van der Waals surface area contributed by atoms with E-state index in [9.17, 15) is 4.79 Å². The molecule has 5 rings (SSSR count). The number of carbonyl (C=O) groups is 1. The third-order valence-corrected chi connectivity index (χ3v) is 6.63. The lowest BCUT2D eigenvalue weighted by atomic mass is 10.0. The molecule has 166 valence electrons. The van der Waals surface area contributed by atoms with Crippen molar-refractivity contribution < 1.29 is 9.53 Å².